The van der Waals surface area contributed by atoms with E-state index in [4.69, 9.17) is 11.5 Å². The molecule has 0 atom stereocenters. The molecule has 4 heteroatoms. The second-order valence-corrected chi connectivity index (χ2v) is 3.99. The highest BCUT2D eigenvalue weighted by molar-refractivity contribution is 5.78. The Morgan fingerprint density at radius 3 is 1.69 bits per heavy atom. The van der Waals surface area contributed by atoms with Gasteiger partial charge in [0, 0.05) is 12.8 Å². The van der Waals surface area contributed by atoms with Gasteiger partial charge in [-0.05, 0) is 18.3 Å². The third-order valence-electron chi connectivity index (χ3n) is 2.76. The Morgan fingerprint density at radius 1 is 1.00 bits per heavy atom. The van der Waals surface area contributed by atoms with Crippen LogP contribution >= 0.6 is 0 Å². The van der Waals surface area contributed by atoms with Gasteiger partial charge < -0.3 is 11.5 Å². The number of hydrogen-bond acceptors (Lipinski definition) is 2. The number of nitrogens with two attached hydrogens (primary N) is 2. The lowest BCUT2D eigenvalue weighted by molar-refractivity contribution is -0.123. The van der Waals surface area contributed by atoms with E-state index in [0.717, 1.165) is 25.7 Å². The summed E-state index contributed by atoms with van der Waals surface area (Å²) >= 11 is 0. The summed E-state index contributed by atoms with van der Waals surface area (Å²) in [5.74, 6) is -0.661. The fourth-order valence-electron chi connectivity index (χ4n) is 2.28. The van der Waals surface area contributed by atoms with E-state index in [9.17, 15) is 9.59 Å². The molecule has 4 nitrogen and oxygen atoms in total. The summed E-state index contributed by atoms with van der Waals surface area (Å²) in [6.07, 6.45) is 4.55. The van der Waals surface area contributed by atoms with Gasteiger partial charge in [-0.3, -0.25) is 9.59 Å². The molecule has 1 aliphatic carbocycles. The third kappa shape index (κ3) is 2.72. The predicted octanol–water partition coefficient (Wildman–Crippen LogP) is 0.298. The monoisotopic (exact) mass is 184 g/mol. The predicted molar refractivity (Wildman–Crippen MR) is 48.5 cm³/mol. The van der Waals surface area contributed by atoms with Gasteiger partial charge in [-0.1, -0.05) is 12.8 Å². The average Bonchev–Trinajstić information content (AvgIpc) is 2.33. The zero-order valence-electron chi connectivity index (χ0n) is 7.71. The second-order valence-electron chi connectivity index (χ2n) is 3.99. The molecule has 74 valence electrons. The Balaban J connectivity index is 2.62. The summed E-state index contributed by atoms with van der Waals surface area (Å²) in [6.45, 7) is 0. The normalized spacial score (nSPS) is 20.0. The van der Waals surface area contributed by atoms with Crippen molar-refractivity contribution < 1.29 is 9.59 Å². The van der Waals surface area contributed by atoms with Crippen LogP contribution in [0.25, 0.3) is 0 Å². The minimum Gasteiger partial charge on any atom is -0.370 e. The second kappa shape index (κ2) is 3.77. The van der Waals surface area contributed by atoms with E-state index in [1.807, 2.05) is 0 Å². The van der Waals surface area contributed by atoms with Crippen LogP contribution in [0.3, 0.4) is 0 Å². The van der Waals surface area contributed by atoms with Crippen molar-refractivity contribution in [3.05, 3.63) is 0 Å². The lowest BCUT2D eigenvalue weighted by atomic mass is 9.79. The Labute approximate surface area is 77.7 Å². The minimum atomic E-state index is -0.330. The fraction of sp³-hybridized carbons (Fsp3) is 0.778. The Hall–Kier alpha value is -1.06. The van der Waals surface area contributed by atoms with E-state index in [1.54, 1.807) is 0 Å². The molecule has 0 heterocycles. The number of carbonyl (C=O) groups excluding carboxylic acids is 2. The van der Waals surface area contributed by atoms with E-state index in [1.165, 1.54) is 0 Å². The number of hydrogen-bond donors (Lipinski definition) is 2. The van der Waals surface area contributed by atoms with Crippen molar-refractivity contribution in [2.24, 2.45) is 16.9 Å². The van der Waals surface area contributed by atoms with Gasteiger partial charge in [0.15, 0.2) is 0 Å². The maximum atomic E-state index is 10.8. The van der Waals surface area contributed by atoms with E-state index >= 15 is 0 Å². The van der Waals surface area contributed by atoms with Gasteiger partial charge in [0.25, 0.3) is 0 Å². The molecule has 0 aromatic rings. The summed E-state index contributed by atoms with van der Waals surface area (Å²) < 4.78 is 0. The number of carbonyl (C=O) groups is 2. The summed E-state index contributed by atoms with van der Waals surface area (Å²) in [4.78, 5) is 21.6. The SMILES string of the molecule is NC(=O)CC1(CC(N)=O)CCCC1. The molecule has 0 bridgehead atoms. The van der Waals surface area contributed by atoms with Crippen LogP contribution in [0, 0.1) is 5.41 Å². The fourth-order valence-corrected chi connectivity index (χ4v) is 2.28. The highest BCUT2D eigenvalue weighted by Crippen LogP contribution is 2.43. The maximum absolute atomic E-state index is 10.8. The van der Waals surface area contributed by atoms with Gasteiger partial charge in [-0.15, -0.1) is 0 Å². The molecule has 0 aromatic carbocycles. The number of rotatable bonds is 4. The zero-order valence-corrected chi connectivity index (χ0v) is 7.71. The van der Waals surface area contributed by atoms with Crippen LogP contribution in [0.1, 0.15) is 38.5 Å². The summed E-state index contributed by atoms with van der Waals surface area (Å²) in [7, 11) is 0. The van der Waals surface area contributed by atoms with Crippen LogP contribution in [0.4, 0.5) is 0 Å². The first-order valence-corrected chi connectivity index (χ1v) is 4.61. The van der Waals surface area contributed by atoms with Crippen molar-refractivity contribution in [2.75, 3.05) is 0 Å². The minimum absolute atomic E-state index is 0.211. The molecular formula is C9H16N2O2. The molecule has 0 aromatic heterocycles. The van der Waals surface area contributed by atoms with Gasteiger partial charge in [0.05, 0.1) is 0 Å². The first-order valence-electron chi connectivity index (χ1n) is 4.61. The van der Waals surface area contributed by atoms with Gasteiger partial charge in [0.1, 0.15) is 0 Å². The van der Waals surface area contributed by atoms with E-state index < -0.39 is 0 Å². The first kappa shape index (κ1) is 10.0. The summed E-state index contributed by atoms with van der Waals surface area (Å²) in [5.41, 5.74) is 10.1. The highest BCUT2D eigenvalue weighted by atomic mass is 16.1. The van der Waals surface area contributed by atoms with Crippen LogP contribution in [-0.2, 0) is 9.59 Å². The van der Waals surface area contributed by atoms with E-state index in [-0.39, 0.29) is 17.2 Å². The van der Waals surface area contributed by atoms with Gasteiger partial charge in [-0.25, -0.2) is 0 Å². The lowest BCUT2D eigenvalue weighted by Gasteiger charge is -2.25. The molecule has 0 saturated heterocycles. The lowest BCUT2D eigenvalue weighted by Crippen LogP contribution is -2.30. The van der Waals surface area contributed by atoms with Gasteiger partial charge in [0.2, 0.25) is 11.8 Å². The summed E-state index contributed by atoms with van der Waals surface area (Å²) in [5, 5.41) is 0. The third-order valence-corrected chi connectivity index (χ3v) is 2.76. The molecule has 2 amide bonds. The molecule has 1 aliphatic rings. The molecule has 0 spiro atoms. The van der Waals surface area contributed by atoms with Crippen molar-refractivity contribution in [3.63, 3.8) is 0 Å². The van der Waals surface area contributed by atoms with Crippen LogP contribution in [0.2, 0.25) is 0 Å². The van der Waals surface area contributed by atoms with Crippen molar-refractivity contribution in [3.8, 4) is 0 Å². The van der Waals surface area contributed by atoms with Crippen molar-refractivity contribution in [1.29, 1.82) is 0 Å². The zero-order chi connectivity index (χ0) is 9.90. The van der Waals surface area contributed by atoms with Crippen LogP contribution in [-0.4, -0.2) is 11.8 Å². The molecule has 1 fully saturated rings. The molecule has 1 rings (SSSR count). The largest absolute Gasteiger partial charge is 0.370 e. The smallest absolute Gasteiger partial charge is 0.217 e. The molecule has 0 radical (unpaired) electrons. The molecular weight excluding hydrogens is 168 g/mol. The van der Waals surface area contributed by atoms with Crippen LogP contribution < -0.4 is 11.5 Å². The van der Waals surface area contributed by atoms with Crippen molar-refractivity contribution in [1.82, 2.24) is 0 Å². The summed E-state index contributed by atoms with van der Waals surface area (Å²) in [6, 6.07) is 0. The molecule has 4 N–H and O–H groups in total. The Kier molecular flexibility index (Phi) is 2.90. The van der Waals surface area contributed by atoms with Crippen LogP contribution in [0.15, 0.2) is 0 Å². The van der Waals surface area contributed by atoms with Crippen molar-refractivity contribution >= 4 is 11.8 Å². The molecule has 0 unspecified atom stereocenters. The molecule has 1 saturated carbocycles. The van der Waals surface area contributed by atoms with Crippen molar-refractivity contribution in [2.45, 2.75) is 38.5 Å². The van der Waals surface area contributed by atoms with Gasteiger partial charge >= 0.3 is 0 Å². The topological polar surface area (TPSA) is 86.2 Å². The Bertz CT molecular complexity index is 202. The van der Waals surface area contributed by atoms with E-state index in [2.05, 4.69) is 0 Å². The van der Waals surface area contributed by atoms with Gasteiger partial charge in [-0.2, -0.15) is 0 Å². The average molecular weight is 184 g/mol. The number of amides is 2. The Morgan fingerprint density at radius 2 is 1.38 bits per heavy atom. The quantitative estimate of drug-likeness (QED) is 0.658. The highest BCUT2D eigenvalue weighted by Gasteiger charge is 2.36. The van der Waals surface area contributed by atoms with Crippen LogP contribution in [0.5, 0.6) is 0 Å². The molecule has 0 aliphatic heterocycles. The van der Waals surface area contributed by atoms with E-state index in [0.29, 0.717) is 12.8 Å². The standard InChI is InChI=1S/C9H16N2O2/c10-7(12)5-9(6-8(11)13)3-1-2-4-9/h1-6H2,(H2,10,12)(H2,11,13). The maximum Gasteiger partial charge on any atom is 0.217 e. The number of primary amides is 2. The molecule has 13 heavy (non-hydrogen) atoms. The first-order chi connectivity index (χ1) is 6.04.